The molecule has 4 nitrogen and oxygen atoms in total. The Balaban J connectivity index is 2.27. The van der Waals surface area contributed by atoms with E-state index in [0.29, 0.717) is 12.5 Å². The molecule has 21 heavy (non-hydrogen) atoms. The van der Waals surface area contributed by atoms with Crippen LogP contribution in [0.25, 0.3) is 0 Å². The molecule has 1 aliphatic carbocycles. The third-order valence-electron chi connectivity index (χ3n) is 5.09. The van der Waals surface area contributed by atoms with Gasteiger partial charge in [-0.1, -0.05) is 25.7 Å². The zero-order valence-electron chi connectivity index (χ0n) is 14.3. The van der Waals surface area contributed by atoms with Gasteiger partial charge in [0, 0.05) is 12.5 Å². The largest absolute Gasteiger partial charge is 0.468 e. The lowest BCUT2D eigenvalue weighted by Crippen LogP contribution is -2.65. The Morgan fingerprint density at radius 2 is 1.67 bits per heavy atom. The maximum atomic E-state index is 12.6. The first-order valence-corrected chi connectivity index (χ1v) is 8.29. The maximum Gasteiger partial charge on any atom is 0.329 e. The van der Waals surface area contributed by atoms with Crippen molar-refractivity contribution in [1.29, 1.82) is 0 Å². The lowest BCUT2D eigenvalue weighted by atomic mass is 9.78. The lowest BCUT2D eigenvalue weighted by Gasteiger charge is -2.40. The van der Waals surface area contributed by atoms with Crippen LogP contribution in [0.2, 0.25) is 0 Å². The standard InChI is InChI=1S/C17H31NO3/c1-15(2)12-17(14(19)20-5,16(3,4)21-15)18-13-10-8-6-7-9-11-13/h13,18H,6-12H2,1-5H3. The summed E-state index contributed by atoms with van der Waals surface area (Å²) in [4.78, 5) is 12.6. The number of rotatable bonds is 3. The smallest absolute Gasteiger partial charge is 0.329 e. The average Bonchev–Trinajstić information content (AvgIpc) is 2.57. The van der Waals surface area contributed by atoms with Gasteiger partial charge in [0.05, 0.1) is 18.3 Å². The summed E-state index contributed by atoms with van der Waals surface area (Å²) < 4.78 is 11.3. The molecule has 1 saturated carbocycles. The van der Waals surface area contributed by atoms with E-state index < -0.39 is 11.1 Å². The molecule has 0 radical (unpaired) electrons. The lowest BCUT2D eigenvalue weighted by molar-refractivity contribution is -0.158. The van der Waals surface area contributed by atoms with E-state index >= 15 is 0 Å². The topological polar surface area (TPSA) is 47.6 Å². The maximum absolute atomic E-state index is 12.6. The fourth-order valence-corrected chi connectivity index (χ4v) is 4.21. The number of hydrogen-bond donors (Lipinski definition) is 1. The SMILES string of the molecule is COC(=O)C1(NC2CCCCCC2)CC(C)(C)OC1(C)C. The fourth-order valence-electron chi connectivity index (χ4n) is 4.21. The van der Waals surface area contributed by atoms with Gasteiger partial charge in [0.25, 0.3) is 0 Å². The second-order valence-electron chi connectivity index (χ2n) is 7.78. The van der Waals surface area contributed by atoms with Crippen molar-refractivity contribution >= 4 is 5.97 Å². The first-order chi connectivity index (χ1) is 9.72. The average molecular weight is 297 g/mol. The molecule has 0 bridgehead atoms. The minimum Gasteiger partial charge on any atom is -0.468 e. The molecule has 0 amide bonds. The van der Waals surface area contributed by atoms with Gasteiger partial charge in [0.1, 0.15) is 5.54 Å². The van der Waals surface area contributed by atoms with Gasteiger partial charge in [0.2, 0.25) is 0 Å². The summed E-state index contributed by atoms with van der Waals surface area (Å²) in [6.07, 6.45) is 7.99. The van der Waals surface area contributed by atoms with Crippen LogP contribution >= 0.6 is 0 Å². The van der Waals surface area contributed by atoms with Crippen LogP contribution in [-0.4, -0.2) is 35.9 Å². The van der Waals surface area contributed by atoms with Crippen molar-refractivity contribution < 1.29 is 14.3 Å². The molecule has 2 aliphatic rings. The summed E-state index contributed by atoms with van der Waals surface area (Å²) >= 11 is 0. The molecule has 122 valence electrons. The summed E-state index contributed by atoms with van der Waals surface area (Å²) in [5.41, 5.74) is -1.65. The number of carbonyl (C=O) groups is 1. The Morgan fingerprint density at radius 1 is 1.10 bits per heavy atom. The molecule has 1 aliphatic heterocycles. The molecule has 1 unspecified atom stereocenters. The molecule has 4 heteroatoms. The normalized spacial score (nSPS) is 32.6. The highest BCUT2D eigenvalue weighted by molar-refractivity contribution is 5.83. The van der Waals surface area contributed by atoms with Gasteiger partial charge in [-0.3, -0.25) is 5.32 Å². The van der Waals surface area contributed by atoms with Crippen molar-refractivity contribution in [2.75, 3.05) is 7.11 Å². The van der Waals surface area contributed by atoms with Crippen molar-refractivity contribution in [2.24, 2.45) is 0 Å². The third-order valence-corrected chi connectivity index (χ3v) is 5.09. The Morgan fingerprint density at radius 3 is 2.10 bits per heavy atom. The monoisotopic (exact) mass is 297 g/mol. The van der Waals surface area contributed by atoms with Gasteiger partial charge in [-0.2, -0.15) is 0 Å². The first-order valence-electron chi connectivity index (χ1n) is 8.29. The predicted molar refractivity (Wildman–Crippen MR) is 83.2 cm³/mol. The van der Waals surface area contributed by atoms with E-state index in [2.05, 4.69) is 5.32 Å². The van der Waals surface area contributed by atoms with Crippen molar-refractivity contribution in [3.8, 4) is 0 Å². The van der Waals surface area contributed by atoms with Crippen LogP contribution in [0.1, 0.15) is 72.6 Å². The minimum atomic E-state index is -0.750. The first kappa shape index (κ1) is 16.8. The molecule has 1 heterocycles. The zero-order chi connectivity index (χ0) is 15.7. The third kappa shape index (κ3) is 3.26. The summed E-state index contributed by atoms with van der Waals surface area (Å²) in [6, 6.07) is 0.378. The molecule has 2 fully saturated rings. The van der Waals surface area contributed by atoms with E-state index in [4.69, 9.17) is 9.47 Å². The van der Waals surface area contributed by atoms with Crippen LogP contribution in [-0.2, 0) is 14.3 Å². The van der Waals surface area contributed by atoms with Crippen LogP contribution in [0.15, 0.2) is 0 Å². The molecule has 1 atom stereocenters. The van der Waals surface area contributed by atoms with Crippen LogP contribution in [0, 0.1) is 0 Å². The summed E-state index contributed by atoms with van der Waals surface area (Å²) in [5, 5.41) is 3.67. The molecule has 0 aromatic carbocycles. The second kappa shape index (κ2) is 5.88. The van der Waals surface area contributed by atoms with E-state index in [1.54, 1.807) is 0 Å². The Kier molecular flexibility index (Phi) is 4.69. The van der Waals surface area contributed by atoms with Crippen molar-refractivity contribution in [3.63, 3.8) is 0 Å². The number of esters is 1. The fraction of sp³-hybridized carbons (Fsp3) is 0.941. The number of nitrogens with one attached hydrogen (secondary N) is 1. The van der Waals surface area contributed by atoms with Gasteiger partial charge in [-0.25, -0.2) is 4.79 Å². The molecular weight excluding hydrogens is 266 g/mol. The van der Waals surface area contributed by atoms with Gasteiger partial charge < -0.3 is 9.47 Å². The second-order valence-corrected chi connectivity index (χ2v) is 7.78. The van der Waals surface area contributed by atoms with E-state index in [-0.39, 0.29) is 11.6 Å². The number of methoxy groups -OCH3 is 1. The van der Waals surface area contributed by atoms with Crippen LogP contribution in [0.3, 0.4) is 0 Å². The van der Waals surface area contributed by atoms with E-state index in [1.165, 1.54) is 32.8 Å². The zero-order valence-corrected chi connectivity index (χ0v) is 14.3. The molecule has 0 spiro atoms. The van der Waals surface area contributed by atoms with Crippen molar-refractivity contribution in [1.82, 2.24) is 5.32 Å². The summed E-state index contributed by atoms with van der Waals surface area (Å²) in [7, 11) is 1.47. The highest BCUT2D eigenvalue weighted by atomic mass is 16.6. The van der Waals surface area contributed by atoms with Crippen molar-refractivity contribution in [3.05, 3.63) is 0 Å². The van der Waals surface area contributed by atoms with E-state index in [9.17, 15) is 4.79 Å². The molecule has 1 N–H and O–H groups in total. The van der Waals surface area contributed by atoms with Gasteiger partial charge in [-0.15, -0.1) is 0 Å². The Bertz CT molecular complexity index is 383. The van der Waals surface area contributed by atoms with Gasteiger partial charge in [-0.05, 0) is 40.5 Å². The quantitative estimate of drug-likeness (QED) is 0.642. The molecular formula is C17H31NO3. The highest BCUT2D eigenvalue weighted by Crippen LogP contribution is 2.46. The number of carbonyl (C=O) groups excluding carboxylic acids is 1. The molecule has 2 rings (SSSR count). The number of hydrogen-bond acceptors (Lipinski definition) is 4. The minimum absolute atomic E-state index is 0.192. The van der Waals surface area contributed by atoms with Crippen LogP contribution in [0.5, 0.6) is 0 Å². The summed E-state index contributed by atoms with van der Waals surface area (Å²) in [6.45, 7) is 8.10. The van der Waals surface area contributed by atoms with E-state index in [0.717, 1.165) is 12.8 Å². The summed E-state index contributed by atoms with van der Waals surface area (Å²) in [5.74, 6) is -0.192. The van der Waals surface area contributed by atoms with Crippen LogP contribution < -0.4 is 5.32 Å². The Hall–Kier alpha value is -0.610. The van der Waals surface area contributed by atoms with Gasteiger partial charge in [0.15, 0.2) is 0 Å². The molecule has 0 aromatic heterocycles. The molecule has 1 saturated heterocycles. The van der Waals surface area contributed by atoms with Crippen LogP contribution in [0.4, 0.5) is 0 Å². The highest BCUT2D eigenvalue weighted by Gasteiger charge is 2.63. The van der Waals surface area contributed by atoms with Crippen molar-refractivity contribution in [2.45, 2.75) is 95.4 Å². The molecule has 0 aromatic rings. The van der Waals surface area contributed by atoms with E-state index in [1.807, 2.05) is 27.7 Å². The predicted octanol–water partition coefficient (Wildman–Crippen LogP) is 3.19. The number of ether oxygens (including phenoxy) is 2. The Labute approximate surface area is 129 Å². The van der Waals surface area contributed by atoms with Gasteiger partial charge >= 0.3 is 5.97 Å².